The Morgan fingerprint density at radius 2 is 2.21 bits per heavy atom. The van der Waals surface area contributed by atoms with Crippen LogP contribution in [0.3, 0.4) is 0 Å². The lowest BCUT2D eigenvalue weighted by Gasteiger charge is -2.12. The Labute approximate surface area is 111 Å². The number of carboxylic acid groups (broad SMARTS) is 1. The van der Waals surface area contributed by atoms with Crippen molar-refractivity contribution < 1.29 is 14.6 Å². The number of carboxylic acids is 1. The summed E-state index contributed by atoms with van der Waals surface area (Å²) in [4.78, 5) is 11.2. The van der Waals surface area contributed by atoms with Gasteiger partial charge in [-0.15, -0.1) is 0 Å². The largest absolute Gasteiger partial charge is 0.494 e. The van der Waals surface area contributed by atoms with Crippen LogP contribution in [0.1, 0.15) is 28.5 Å². The zero-order valence-electron chi connectivity index (χ0n) is 11.2. The third-order valence-electron chi connectivity index (χ3n) is 3.00. The maximum Gasteiger partial charge on any atom is 0.339 e. The predicted molar refractivity (Wildman–Crippen MR) is 71.2 cm³/mol. The quantitative estimate of drug-likeness (QED) is 0.917. The van der Waals surface area contributed by atoms with Gasteiger partial charge in [-0.05, 0) is 31.0 Å². The number of aryl methyl sites for hydroxylation is 1. The number of ether oxygens (including phenoxy) is 1. The van der Waals surface area contributed by atoms with Gasteiger partial charge in [0, 0.05) is 0 Å². The van der Waals surface area contributed by atoms with Gasteiger partial charge in [0.15, 0.2) is 0 Å². The Kier molecular flexibility index (Phi) is 3.55. The molecule has 5 heteroatoms. The van der Waals surface area contributed by atoms with Crippen molar-refractivity contribution in [3.8, 4) is 11.4 Å². The van der Waals surface area contributed by atoms with Crippen LogP contribution in [0.4, 0.5) is 0 Å². The lowest BCUT2D eigenvalue weighted by atomic mass is 10.1. The van der Waals surface area contributed by atoms with Crippen molar-refractivity contribution in [1.29, 1.82) is 0 Å². The van der Waals surface area contributed by atoms with Gasteiger partial charge in [-0.25, -0.2) is 9.48 Å². The molecule has 2 aromatic rings. The summed E-state index contributed by atoms with van der Waals surface area (Å²) in [6.45, 7) is 3.87. The molecule has 0 amide bonds. The first-order valence-electron chi connectivity index (χ1n) is 6.03. The van der Waals surface area contributed by atoms with Crippen LogP contribution in [-0.2, 0) is 6.42 Å². The van der Waals surface area contributed by atoms with E-state index in [2.05, 4.69) is 5.10 Å². The Bertz CT molecular complexity index is 617. The highest BCUT2D eigenvalue weighted by atomic mass is 16.5. The van der Waals surface area contributed by atoms with Crippen LogP contribution in [0.15, 0.2) is 24.4 Å². The van der Waals surface area contributed by atoms with Crippen molar-refractivity contribution in [2.45, 2.75) is 20.3 Å². The van der Waals surface area contributed by atoms with Crippen LogP contribution in [0.2, 0.25) is 0 Å². The van der Waals surface area contributed by atoms with Gasteiger partial charge < -0.3 is 9.84 Å². The molecular formula is C14H16N2O3. The van der Waals surface area contributed by atoms with E-state index in [1.165, 1.54) is 6.20 Å². The minimum absolute atomic E-state index is 0.228. The summed E-state index contributed by atoms with van der Waals surface area (Å²) < 4.78 is 6.95. The Hall–Kier alpha value is -2.30. The van der Waals surface area contributed by atoms with E-state index in [1.54, 1.807) is 11.8 Å². The molecule has 0 saturated heterocycles. The molecule has 1 heterocycles. The average molecular weight is 260 g/mol. The first-order valence-corrected chi connectivity index (χ1v) is 6.03. The summed E-state index contributed by atoms with van der Waals surface area (Å²) in [5.41, 5.74) is 2.71. The predicted octanol–water partition coefficient (Wildman–Crippen LogP) is 2.45. The van der Waals surface area contributed by atoms with Gasteiger partial charge >= 0.3 is 5.97 Å². The third kappa shape index (κ3) is 2.31. The van der Waals surface area contributed by atoms with Crippen molar-refractivity contribution in [1.82, 2.24) is 9.78 Å². The highest BCUT2D eigenvalue weighted by Crippen LogP contribution is 2.26. The van der Waals surface area contributed by atoms with E-state index < -0.39 is 5.97 Å². The fourth-order valence-electron chi connectivity index (χ4n) is 2.07. The smallest absolute Gasteiger partial charge is 0.339 e. The van der Waals surface area contributed by atoms with E-state index in [-0.39, 0.29) is 5.56 Å². The van der Waals surface area contributed by atoms with Crippen LogP contribution < -0.4 is 4.74 Å². The third-order valence-corrected chi connectivity index (χ3v) is 3.00. The molecule has 1 aromatic carbocycles. The standard InChI is InChI=1S/C14H16N2O3/c1-4-11-10(14(17)18)8-15-16(11)12-7-9(2)5-6-13(12)19-3/h5-8H,4H2,1-3H3,(H,17,18). The van der Waals surface area contributed by atoms with Crippen LogP contribution in [0.25, 0.3) is 5.69 Å². The monoisotopic (exact) mass is 260 g/mol. The number of hydrogen-bond donors (Lipinski definition) is 1. The molecule has 0 aliphatic heterocycles. The summed E-state index contributed by atoms with van der Waals surface area (Å²) in [7, 11) is 1.58. The second kappa shape index (κ2) is 5.14. The Morgan fingerprint density at radius 1 is 1.47 bits per heavy atom. The molecule has 5 nitrogen and oxygen atoms in total. The van der Waals surface area contributed by atoms with Crippen molar-refractivity contribution >= 4 is 5.97 Å². The molecule has 100 valence electrons. The molecule has 0 atom stereocenters. The molecule has 0 unspecified atom stereocenters. The normalized spacial score (nSPS) is 10.5. The first kappa shape index (κ1) is 13.1. The molecule has 0 aliphatic carbocycles. The number of benzene rings is 1. The fraction of sp³-hybridized carbons (Fsp3) is 0.286. The molecule has 1 aromatic heterocycles. The fourth-order valence-corrected chi connectivity index (χ4v) is 2.07. The first-order chi connectivity index (χ1) is 9.08. The van der Waals surface area contributed by atoms with E-state index in [9.17, 15) is 4.79 Å². The highest BCUT2D eigenvalue weighted by Gasteiger charge is 2.18. The van der Waals surface area contributed by atoms with Gasteiger partial charge in [-0.3, -0.25) is 0 Å². The van der Waals surface area contributed by atoms with E-state index in [0.29, 0.717) is 17.9 Å². The lowest BCUT2D eigenvalue weighted by molar-refractivity contribution is 0.0695. The minimum atomic E-state index is -0.963. The van der Waals surface area contributed by atoms with E-state index in [4.69, 9.17) is 9.84 Å². The molecule has 0 saturated carbocycles. The van der Waals surface area contributed by atoms with Crippen molar-refractivity contribution in [3.63, 3.8) is 0 Å². The summed E-state index contributed by atoms with van der Waals surface area (Å²) in [6, 6.07) is 5.72. The molecule has 0 bridgehead atoms. The SMILES string of the molecule is CCc1c(C(=O)O)cnn1-c1cc(C)ccc1OC. The number of methoxy groups -OCH3 is 1. The summed E-state index contributed by atoms with van der Waals surface area (Å²) in [5, 5.41) is 13.3. The van der Waals surface area contributed by atoms with Crippen molar-refractivity contribution in [2.75, 3.05) is 7.11 Å². The molecule has 0 radical (unpaired) electrons. The number of nitrogens with zero attached hydrogens (tertiary/aromatic N) is 2. The van der Waals surface area contributed by atoms with E-state index in [0.717, 1.165) is 11.3 Å². The van der Waals surface area contributed by atoms with Crippen LogP contribution in [0.5, 0.6) is 5.75 Å². The average Bonchev–Trinajstić information content (AvgIpc) is 2.82. The van der Waals surface area contributed by atoms with Gasteiger partial charge in [-0.2, -0.15) is 5.10 Å². The summed E-state index contributed by atoms with van der Waals surface area (Å²) in [5.74, 6) is -0.296. The number of aromatic nitrogens is 2. The highest BCUT2D eigenvalue weighted by molar-refractivity contribution is 5.88. The van der Waals surface area contributed by atoms with Crippen molar-refractivity contribution in [3.05, 3.63) is 41.2 Å². The number of aromatic carboxylic acids is 1. The van der Waals surface area contributed by atoms with Crippen LogP contribution >= 0.6 is 0 Å². The number of rotatable bonds is 4. The maximum atomic E-state index is 11.2. The molecule has 0 spiro atoms. The summed E-state index contributed by atoms with van der Waals surface area (Å²) in [6.07, 6.45) is 1.96. The Morgan fingerprint density at radius 3 is 2.79 bits per heavy atom. The van der Waals surface area contributed by atoms with Gasteiger partial charge in [0.1, 0.15) is 17.0 Å². The molecular weight excluding hydrogens is 244 g/mol. The summed E-state index contributed by atoms with van der Waals surface area (Å²) >= 11 is 0. The van der Waals surface area contributed by atoms with E-state index >= 15 is 0 Å². The zero-order valence-corrected chi connectivity index (χ0v) is 11.2. The molecule has 19 heavy (non-hydrogen) atoms. The van der Waals surface area contributed by atoms with E-state index in [1.807, 2.05) is 32.0 Å². The lowest BCUT2D eigenvalue weighted by Crippen LogP contribution is -2.07. The van der Waals surface area contributed by atoms with Crippen LogP contribution in [0, 0.1) is 6.92 Å². The minimum Gasteiger partial charge on any atom is -0.494 e. The molecule has 0 fully saturated rings. The van der Waals surface area contributed by atoms with Crippen molar-refractivity contribution in [2.24, 2.45) is 0 Å². The van der Waals surface area contributed by atoms with Crippen LogP contribution in [-0.4, -0.2) is 28.0 Å². The second-order valence-electron chi connectivity index (χ2n) is 4.25. The van der Waals surface area contributed by atoms with Gasteiger partial charge in [-0.1, -0.05) is 13.0 Å². The molecule has 0 aliphatic rings. The number of hydrogen-bond acceptors (Lipinski definition) is 3. The van der Waals surface area contributed by atoms with Gasteiger partial charge in [0.2, 0.25) is 0 Å². The second-order valence-corrected chi connectivity index (χ2v) is 4.25. The van der Waals surface area contributed by atoms with Gasteiger partial charge in [0.25, 0.3) is 0 Å². The number of carbonyl (C=O) groups is 1. The molecule has 2 rings (SSSR count). The zero-order chi connectivity index (χ0) is 14.0. The maximum absolute atomic E-state index is 11.2. The van der Waals surface area contributed by atoms with Gasteiger partial charge in [0.05, 0.1) is 19.0 Å². The topological polar surface area (TPSA) is 64.3 Å². The molecule has 1 N–H and O–H groups in total. The Balaban J connectivity index is 2.65.